The van der Waals surface area contributed by atoms with E-state index in [4.69, 9.17) is 9.47 Å². The van der Waals surface area contributed by atoms with E-state index in [0.29, 0.717) is 17.0 Å². The van der Waals surface area contributed by atoms with Crippen LogP contribution in [0.25, 0.3) is 10.8 Å². The standard InChI is InChI=1S/C27H21NO5/c1-32-21-10-6-17-14-22(11-7-16(17)13-21)33-27(31)15-4-8-20(9-5-15)28-25(29)23-18-2-3-19(12-18)24(23)26(28)30/h2-11,13-14,18-19,23-24H,12H2,1H3. The Hall–Kier alpha value is -3.93. The minimum Gasteiger partial charge on any atom is -0.497 e. The minimum atomic E-state index is -0.507. The number of hydrogen-bond acceptors (Lipinski definition) is 5. The summed E-state index contributed by atoms with van der Waals surface area (Å²) in [6.45, 7) is 0. The maximum atomic E-state index is 13.0. The van der Waals surface area contributed by atoms with Gasteiger partial charge in [0.2, 0.25) is 11.8 Å². The van der Waals surface area contributed by atoms with E-state index in [-0.39, 0.29) is 35.5 Å². The lowest BCUT2D eigenvalue weighted by Gasteiger charge is -2.17. The zero-order valence-corrected chi connectivity index (χ0v) is 17.9. The van der Waals surface area contributed by atoms with Crippen molar-refractivity contribution in [1.29, 1.82) is 0 Å². The van der Waals surface area contributed by atoms with Crippen LogP contribution in [0.3, 0.4) is 0 Å². The summed E-state index contributed by atoms with van der Waals surface area (Å²) >= 11 is 0. The number of fused-ring (bicyclic) bond motifs is 6. The summed E-state index contributed by atoms with van der Waals surface area (Å²) in [5.41, 5.74) is 0.838. The third-order valence-electron chi connectivity index (χ3n) is 7.06. The molecule has 2 aliphatic carbocycles. The molecule has 3 aromatic carbocycles. The van der Waals surface area contributed by atoms with Crippen LogP contribution in [-0.2, 0) is 9.59 Å². The Morgan fingerprint density at radius 3 is 2.00 bits per heavy atom. The first-order valence-corrected chi connectivity index (χ1v) is 11.0. The molecule has 6 rings (SSSR count). The first kappa shape index (κ1) is 19.7. The van der Waals surface area contributed by atoms with Gasteiger partial charge in [-0.1, -0.05) is 24.3 Å². The highest BCUT2D eigenvalue weighted by molar-refractivity contribution is 6.22. The van der Waals surface area contributed by atoms with E-state index in [9.17, 15) is 14.4 Å². The number of rotatable bonds is 4. The Kier molecular flexibility index (Phi) is 4.37. The molecule has 1 heterocycles. The molecule has 6 nitrogen and oxygen atoms in total. The molecule has 2 bridgehead atoms. The molecular weight excluding hydrogens is 418 g/mol. The maximum absolute atomic E-state index is 13.0. The molecule has 4 atom stereocenters. The average Bonchev–Trinajstić information content (AvgIpc) is 3.52. The van der Waals surface area contributed by atoms with Gasteiger partial charge in [-0.25, -0.2) is 4.79 Å². The normalized spacial score (nSPS) is 25.1. The maximum Gasteiger partial charge on any atom is 0.343 e. The number of ether oxygens (including phenoxy) is 2. The molecule has 1 saturated carbocycles. The van der Waals surface area contributed by atoms with Gasteiger partial charge in [0.25, 0.3) is 0 Å². The molecule has 0 radical (unpaired) electrons. The summed E-state index contributed by atoms with van der Waals surface area (Å²) in [5.74, 6) is 0.257. The van der Waals surface area contributed by atoms with Crippen molar-refractivity contribution in [3.8, 4) is 11.5 Å². The van der Waals surface area contributed by atoms with Crippen molar-refractivity contribution in [3.05, 3.63) is 78.4 Å². The smallest absolute Gasteiger partial charge is 0.343 e. The summed E-state index contributed by atoms with van der Waals surface area (Å²) in [5, 5.41) is 1.91. The number of imide groups is 1. The fourth-order valence-electron chi connectivity index (χ4n) is 5.46. The van der Waals surface area contributed by atoms with Gasteiger partial charge in [-0.05, 0) is 77.6 Å². The Labute approximate surface area is 190 Å². The number of esters is 1. The van der Waals surface area contributed by atoms with Crippen molar-refractivity contribution in [2.75, 3.05) is 12.0 Å². The minimum absolute atomic E-state index is 0.134. The third-order valence-corrected chi connectivity index (χ3v) is 7.06. The zero-order chi connectivity index (χ0) is 22.7. The molecular formula is C27H21NO5. The van der Waals surface area contributed by atoms with Crippen LogP contribution in [0.1, 0.15) is 16.8 Å². The number of nitrogens with zero attached hydrogens (tertiary/aromatic N) is 1. The largest absolute Gasteiger partial charge is 0.497 e. The van der Waals surface area contributed by atoms with Gasteiger partial charge >= 0.3 is 5.97 Å². The molecule has 0 spiro atoms. The number of carbonyl (C=O) groups is 3. The van der Waals surface area contributed by atoms with Crippen LogP contribution in [0.15, 0.2) is 72.8 Å². The molecule has 3 aliphatic rings. The summed E-state index contributed by atoms with van der Waals surface area (Å²) in [6, 6.07) is 17.5. The number of benzene rings is 3. The van der Waals surface area contributed by atoms with Crippen LogP contribution in [0.4, 0.5) is 5.69 Å². The van der Waals surface area contributed by atoms with Gasteiger partial charge in [0.1, 0.15) is 11.5 Å². The summed E-state index contributed by atoms with van der Waals surface area (Å²) in [6.07, 6.45) is 5.04. The second-order valence-corrected chi connectivity index (χ2v) is 8.82. The van der Waals surface area contributed by atoms with Crippen LogP contribution in [0.5, 0.6) is 11.5 Å². The van der Waals surface area contributed by atoms with Gasteiger partial charge in [0, 0.05) is 0 Å². The number of hydrogen-bond donors (Lipinski definition) is 0. The molecule has 164 valence electrons. The van der Waals surface area contributed by atoms with Crippen LogP contribution >= 0.6 is 0 Å². The van der Waals surface area contributed by atoms with Crippen LogP contribution in [-0.4, -0.2) is 24.9 Å². The molecule has 2 fully saturated rings. The van der Waals surface area contributed by atoms with Crippen molar-refractivity contribution in [1.82, 2.24) is 0 Å². The lowest BCUT2D eigenvalue weighted by Crippen LogP contribution is -2.32. The van der Waals surface area contributed by atoms with E-state index in [2.05, 4.69) is 12.2 Å². The van der Waals surface area contributed by atoms with Gasteiger partial charge in [-0.15, -0.1) is 0 Å². The highest BCUT2D eigenvalue weighted by Crippen LogP contribution is 2.53. The highest BCUT2D eigenvalue weighted by atomic mass is 16.5. The van der Waals surface area contributed by atoms with Crippen molar-refractivity contribution >= 4 is 34.2 Å². The second-order valence-electron chi connectivity index (χ2n) is 8.82. The molecule has 0 aromatic heterocycles. The molecule has 6 heteroatoms. The zero-order valence-electron chi connectivity index (χ0n) is 17.9. The lowest BCUT2D eigenvalue weighted by molar-refractivity contribution is -0.123. The summed E-state index contributed by atoms with van der Waals surface area (Å²) in [7, 11) is 1.62. The van der Waals surface area contributed by atoms with E-state index in [1.165, 1.54) is 4.90 Å². The monoisotopic (exact) mass is 439 g/mol. The Morgan fingerprint density at radius 1 is 0.818 bits per heavy atom. The fraction of sp³-hybridized carbons (Fsp3) is 0.222. The van der Waals surface area contributed by atoms with Gasteiger partial charge in [-0.2, -0.15) is 0 Å². The highest BCUT2D eigenvalue weighted by Gasteiger charge is 2.59. The lowest BCUT2D eigenvalue weighted by atomic mass is 9.85. The molecule has 2 amide bonds. The number of methoxy groups -OCH3 is 1. The number of anilines is 1. The van der Waals surface area contributed by atoms with Crippen molar-refractivity contribution < 1.29 is 23.9 Å². The van der Waals surface area contributed by atoms with Crippen molar-refractivity contribution in [3.63, 3.8) is 0 Å². The first-order valence-electron chi connectivity index (χ1n) is 11.0. The van der Waals surface area contributed by atoms with Crippen LogP contribution < -0.4 is 14.4 Å². The van der Waals surface area contributed by atoms with Gasteiger partial charge in [0.15, 0.2) is 0 Å². The topological polar surface area (TPSA) is 72.9 Å². The summed E-state index contributed by atoms with van der Waals surface area (Å²) < 4.78 is 10.8. The number of carbonyl (C=O) groups excluding carboxylic acids is 3. The average molecular weight is 439 g/mol. The Balaban J connectivity index is 1.19. The summed E-state index contributed by atoms with van der Waals surface area (Å²) in [4.78, 5) is 39.9. The van der Waals surface area contributed by atoms with Crippen molar-refractivity contribution in [2.24, 2.45) is 23.7 Å². The van der Waals surface area contributed by atoms with Gasteiger partial charge < -0.3 is 9.47 Å². The Bertz CT molecular complexity index is 1310. The molecule has 4 unspecified atom stereocenters. The molecule has 1 aliphatic heterocycles. The quantitative estimate of drug-likeness (QED) is 0.261. The number of allylic oxidation sites excluding steroid dienone is 2. The predicted molar refractivity (Wildman–Crippen MR) is 122 cm³/mol. The van der Waals surface area contributed by atoms with E-state index >= 15 is 0 Å². The second kappa shape index (κ2) is 7.30. The fourth-order valence-corrected chi connectivity index (χ4v) is 5.46. The third kappa shape index (κ3) is 3.05. The van der Waals surface area contributed by atoms with Crippen LogP contribution in [0.2, 0.25) is 0 Å². The Morgan fingerprint density at radius 2 is 1.39 bits per heavy atom. The SMILES string of the molecule is COc1ccc2cc(OC(=O)c3ccc(N4C(=O)C5C6C=CC(C6)C5C4=O)cc3)ccc2c1. The first-order chi connectivity index (χ1) is 16.0. The van der Waals surface area contributed by atoms with Gasteiger partial charge in [0.05, 0.1) is 30.2 Å². The van der Waals surface area contributed by atoms with E-state index < -0.39 is 5.97 Å². The number of amides is 2. The molecule has 3 aromatic rings. The van der Waals surface area contributed by atoms with E-state index in [1.807, 2.05) is 24.3 Å². The molecule has 1 saturated heterocycles. The molecule has 0 N–H and O–H groups in total. The molecule has 33 heavy (non-hydrogen) atoms. The van der Waals surface area contributed by atoms with Gasteiger partial charge in [-0.3, -0.25) is 14.5 Å². The van der Waals surface area contributed by atoms with Crippen molar-refractivity contribution in [2.45, 2.75) is 6.42 Å². The van der Waals surface area contributed by atoms with Crippen LogP contribution in [0, 0.1) is 23.7 Å². The predicted octanol–water partition coefficient (Wildman–Crippen LogP) is 4.38. The van der Waals surface area contributed by atoms with E-state index in [0.717, 1.165) is 22.9 Å². The van der Waals surface area contributed by atoms with E-state index in [1.54, 1.807) is 43.5 Å².